The van der Waals surface area contributed by atoms with Crippen LogP contribution in [0.2, 0.25) is 5.02 Å². The maximum atomic E-state index is 11.0. The minimum absolute atomic E-state index is 0.0502. The van der Waals surface area contributed by atoms with Gasteiger partial charge in [-0.25, -0.2) is 0 Å². The van der Waals surface area contributed by atoms with Crippen LogP contribution in [0.15, 0.2) is 18.2 Å². The highest BCUT2D eigenvalue weighted by molar-refractivity contribution is 6.30. The third-order valence-electron chi connectivity index (χ3n) is 3.54. The molecule has 1 fully saturated rings. The van der Waals surface area contributed by atoms with E-state index in [2.05, 4.69) is 0 Å². The number of ether oxygens (including phenoxy) is 1. The van der Waals surface area contributed by atoms with Gasteiger partial charge in [0, 0.05) is 23.1 Å². The van der Waals surface area contributed by atoms with Gasteiger partial charge in [0.1, 0.15) is 6.10 Å². The van der Waals surface area contributed by atoms with Gasteiger partial charge in [-0.2, -0.15) is 0 Å². The number of nitrogens with zero attached hydrogens (tertiary/aromatic N) is 1. The van der Waals surface area contributed by atoms with Gasteiger partial charge in [0.15, 0.2) is 5.75 Å². The van der Waals surface area contributed by atoms with Crippen molar-refractivity contribution in [3.63, 3.8) is 0 Å². The second kappa shape index (κ2) is 6.21. The van der Waals surface area contributed by atoms with Crippen LogP contribution in [0.3, 0.4) is 0 Å². The normalized spacial score (nSPS) is 23.1. The molecule has 1 aliphatic carbocycles. The molecule has 19 heavy (non-hydrogen) atoms. The number of rotatable bonds is 4. The molecule has 1 saturated carbocycles. The highest BCUT2D eigenvalue weighted by Gasteiger charge is 2.28. The van der Waals surface area contributed by atoms with Crippen molar-refractivity contribution in [2.75, 3.05) is 6.54 Å². The second-order valence-electron chi connectivity index (χ2n) is 4.81. The van der Waals surface area contributed by atoms with Crippen molar-refractivity contribution in [1.29, 1.82) is 0 Å². The molecule has 1 aromatic carbocycles. The van der Waals surface area contributed by atoms with E-state index in [1.807, 2.05) is 0 Å². The van der Waals surface area contributed by atoms with Crippen molar-refractivity contribution in [2.24, 2.45) is 11.7 Å². The number of nitro groups is 1. The Morgan fingerprint density at radius 3 is 2.84 bits per heavy atom. The summed E-state index contributed by atoms with van der Waals surface area (Å²) in [7, 11) is 0. The summed E-state index contributed by atoms with van der Waals surface area (Å²) in [6, 6.07) is 4.37. The van der Waals surface area contributed by atoms with Crippen molar-refractivity contribution in [3.05, 3.63) is 33.3 Å². The predicted octanol–water partition coefficient (Wildman–Crippen LogP) is 3.14. The number of halogens is 1. The third kappa shape index (κ3) is 3.36. The van der Waals surface area contributed by atoms with Crippen LogP contribution in [-0.4, -0.2) is 17.6 Å². The molecule has 0 amide bonds. The average molecular weight is 285 g/mol. The van der Waals surface area contributed by atoms with E-state index in [4.69, 9.17) is 22.1 Å². The van der Waals surface area contributed by atoms with Gasteiger partial charge in [-0.3, -0.25) is 10.1 Å². The molecule has 6 heteroatoms. The summed E-state index contributed by atoms with van der Waals surface area (Å²) in [5, 5.41) is 11.4. The maximum Gasteiger partial charge on any atom is 0.311 e. The van der Waals surface area contributed by atoms with Crippen LogP contribution in [0.1, 0.15) is 25.7 Å². The minimum Gasteiger partial charge on any atom is -0.483 e. The Balaban J connectivity index is 2.21. The van der Waals surface area contributed by atoms with Gasteiger partial charge in [0.25, 0.3) is 0 Å². The van der Waals surface area contributed by atoms with Crippen molar-refractivity contribution in [1.82, 2.24) is 0 Å². The highest BCUT2D eigenvalue weighted by atomic mass is 35.5. The van der Waals surface area contributed by atoms with Crippen LogP contribution in [0.25, 0.3) is 0 Å². The summed E-state index contributed by atoms with van der Waals surface area (Å²) in [5.41, 5.74) is 5.68. The Kier molecular flexibility index (Phi) is 4.61. The fourth-order valence-electron chi connectivity index (χ4n) is 2.49. The van der Waals surface area contributed by atoms with Crippen LogP contribution < -0.4 is 10.5 Å². The summed E-state index contributed by atoms with van der Waals surface area (Å²) < 4.78 is 5.83. The van der Waals surface area contributed by atoms with E-state index >= 15 is 0 Å². The molecular weight excluding hydrogens is 268 g/mol. The number of hydrogen-bond donors (Lipinski definition) is 1. The van der Waals surface area contributed by atoms with Gasteiger partial charge < -0.3 is 10.5 Å². The molecule has 0 bridgehead atoms. The first-order valence-electron chi connectivity index (χ1n) is 6.42. The number of hydrogen-bond acceptors (Lipinski definition) is 4. The molecule has 2 N–H and O–H groups in total. The van der Waals surface area contributed by atoms with E-state index in [0.717, 1.165) is 25.7 Å². The molecule has 1 aliphatic rings. The Labute approximate surface area is 116 Å². The lowest BCUT2D eigenvalue weighted by Crippen LogP contribution is -2.35. The molecule has 104 valence electrons. The van der Waals surface area contributed by atoms with E-state index < -0.39 is 4.92 Å². The molecule has 2 rings (SSSR count). The number of nitrogens with two attached hydrogens (primary N) is 1. The van der Waals surface area contributed by atoms with Gasteiger partial charge in [-0.05, 0) is 31.9 Å². The third-order valence-corrected chi connectivity index (χ3v) is 3.77. The lowest BCUT2D eigenvalue weighted by atomic mass is 9.86. The molecule has 1 aromatic rings. The summed E-state index contributed by atoms with van der Waals surface area (Å²) in [6.07, 6.45) is 4.03. The smallest absolute Gasteiger partial charge is 0.311 e. The Morgan fingerprint density at radius 2 is 2.16 bits per heavy atom. The quantitative estimate of drug-likeness (QED) is 0.680. The molecule has 2 unspecified atom stereocenters. The summed E-state index contributed by atoms with van der Waals surface area (Å²) in [5.74, 6) is 0.496. The van der Waals surface area contributed by atoms with Crippen LogP contribution in [0.5, 0.6) is 5.75 Å². The van der Waals surface area contributed by atoms with Gasteiger partial charge in [-0.1, -0.05) is 18.0 Å². The first kappa shape index (κ1) is 14.1. The maximum absolute atomic E-state index is 11.0. The largest absolute Gasteiger partial charge is 0.483 e. The number of benzene rings is 1. The summed E-state index contributed by atoms with van der Waals surface area (Å²) in [4.78, 5) is 10.5. The molecule has 5 nitrogen and oxygen atoms in total. The zero-order valence-corrected chi connectivity index (χ0v) is 11.3. The van der Waals surface area contributed by atoms with E-state index in [-0.39, 0.29) is 23.5 Å². The first-order chi connectivity index (χ1) is 9.11. The van der Waals surface area contributed by atoms with Gasteiger partial charge in [0.05, 0.1) is 4.92 Å². The molecule has 0 aliphatic heterocycles. The molecule has 0 heterocycles. The van der Waals surface area contributed by atoms with E-state index in [1.54, 1.807) is 0 Å². The molecule has 2 atom stereocenters. The fourth-order valence-corrected chi connectivity index (χ4v) is 2.66. The minimum atomic E-state index is -0.452. The zero-order valence-electron chi connectivity index (χ0n) is 10.5. The van der Waals surface area contributed by atoms with Crippen molar-refractivity contribution in [3.8, 4) is 5.75 Å². The zero-order chi connectivity index (χ0) is 13.8. The van der Waals surface area contributed by atoms with Crippen LogP contribution >= 0.6 is 11.6 Å². The van der Waals surface area contributed by atoms with Crippen LogP contribution in [0.4, 0.5) is 5.69 Å². The molecule has 0 aromatic heterocycles. The average Bonchev–Trinajstić information content (AvgIpc) is 2.39. The lowest BCUT2D eigenvalue weighted by Gasteiger charge is -2.30. The summed E-state index contributed by atoms with van der Waals surface area (Å²) in [6.45, 7) is 0.541. The molecule has 0 radical (unpaired) electrons. The molecular formula is C13H17ClN2O3. The van der Waals surface area contributed by atoms with E-state index in [1.165, 1.54) is 18.2 Å². The Hall–Kier alpha value is -1.33. The summed E-state index contributed by atoms with van der Waals surface area (Å²) >= 11 is 5.88. The van der Waals surface area contributed by atoms with Gasteiger partial charge >= 0.3 is 5.69 Å². The fraction of sp³-hybridized carbons (Fsp3) is 0.538. The molecule has 0 spiro atoms. The predicted molar refractivity (Wildman–Crippen MR) is 73.5 cm³/mol. The van der Waals surface area contributed by atoms with Crippen molar-refractivity contribution < 1.29 is 9.66 Å². The van der Waals surface area contributed by atoms with E-state index in [0.29, 0.717) is 11.6 Å². The van der Waals surface area contributed by atoms with Gasteiger partial charge in [-0.15, -0.1) is 0 Å². The van der Waals surface area contributed by atoms with Crippen LogP contribution in [-0.2, 0) is 0 Å². The topological polar surface area (TPSA) is 78.4 Å². The van der Waals surface area contributed by atoms with Crippen LogP contribution in [0, 0.1) is 16.0 Å². The standard InChI is InChI=1S/C13H17ClN2O3/c14-10-5-6-11(16(17)18)13(7-10)19-12-4-2-1-3-9(12)8-15/h5-7,9,12H,1-4,8,15H2. The van der Waals surface area contributed by atoms with E-state index in [9.17, 15) is 10.1 Å². The van der Waals surface area contributed by atoms with Crippen molar-refractivity contribution >= 4 is 17.3 Å². The SMILES string of the molecule is NCC1CCCCC1Oc1cc(Cl)ccc1[N+](=O)[O-]. The second-order valence-corrected chi connectivity index (χ2v) is 5.24. The monoisotopic (exact) mass is 284 g/mol. The first-order valence-corrected chi connectivity index (χ1v) is 6.80. The van der Waals surface area contributed by atoms with Gasteiger partial charge in [0.2, 0.25) is 0 Å². The Bertz CT molecular complexity index is 467. The number of nitro benzene ring substituents is 1. The Morgan fingerprint density at radius 1 is 1.42 bits per heavy atom. The lowest BCUT2D eigenvalue weighted by molar-refractivity contribution is -0.386. The highest BCUT2D eigenvalue weighted by Crippen LogP contribution is 2.34. The van der Waals surface area contributed by atoms with Crippen molar-refractivity contribution in [2.45, 2.75) is 31.8 Å². The molecule has 0 saturated heterocycles.